The Kier molecular flexibility index (Phi) is 3.76. The molecule has 20 heavy (non-hydrogen) atoms. The molecule has 2 fully saturated rings. The summed E-state index contributed by atoms with van der Waals surface area (Å²) in [4.78, 5) is 17.0. The minimum Gasteiger partial charge on any atom is -0.336 e. The molecule has 0 saturated carbocycles. The normalized spacial score (nSPS) is 20.8. The molecule has 4 heteroatoms. The van der Waals surface area contributed by atoms with Crippen molar-refractivity contribution in [3.63, 3.8) is 0 Å². The molecule has 2 heterocycles. The summed E-state index contributed by atoms with van der Waals surface area (Å²) < 4.78 is 0. The summed E-state index contributed by atoms with van der Waals surface area (Å²) in [5.74, 6) is 0.180. The second-order valence-corrected chi connectivity index (χ2v) is 5.94. The zero-order valence-electron chi connectivity index (χ0n) is 12.4. The van der Waals surface area contributed by atoms with E-state index in [1.807, 2.05) is 23.1 Å². The molecular weight excluding hydrogens is 250 g/mol. The first kappa shape index (κ1) is 13.6. The maximum absolute atomic E-state index is 12.5. The van der Waals surface area contributed by atoms with E-state index in [-0.39, 0.29) is 5.91 Å². The molecule has 0 unspecified atom stereocenters. The molecule has 1 aromatic carbocycles. The Morgan fingerprint density at radius 1 is 1.10 bits per heavy atom. The molecular formula is C16H23N3O. The molecule has 0 aliphatic carbocycles. The van der Waals surface area contributed by atoms with Crippen molar-refractivity contribution in [2.75, 3.05) is 39.3 Å². The van der Waals surface area contributed by atoms with Gasteiger partial charge < -0.3 is 10.2 Å². The van der Waals surface area contributed by atoms with Crippen LogP contribution in [-0.4, -0.2) is 61.0 Å². The lowest BCUT2D eigenvalue weighted by atomic mass is 10.0. The third-order valence-electron chi connectivity index (χ3n) is 4.63. The van der Waals surface area contributed by atoms with Crippen LogP contribution in [0.25, 0.3) is 0 Å². The summed E-state index contributed by atoms with van der Waals surface area (Å²) in [6.07, 6.45) is 0. The zero-order valence-corrected chi connectivity index (χ0v) is 12.4. The molecule has 0 atom stereocenters. The molecule has 0 spiro atoms. The number of carbonyl (C=O) groups is 1. The van der Waals surface area contributed by atoms with Crippen molar-refractivity contribution in [3.05, 3.63) is 34.9 Å². The first-order chi connectivity index (χ1) is 9.65. The van der Waals surface area contributed by atoms with Crippen LogP contribution in [0.1, 0.15) is 21.5 Å². The van der Waals surface area contributed by atoms with E-state index >= 15 is 0 Å². The smallest absolute Gasteiger partial charge is 0.253 e. The quantitative estimate of drug-likeness (QED) is 0.874. The van der Waals surface area contributed by atoms with Crippen LogP contribution in [0.5, 0.6) is 0 Å². The lowest BCUT2D eigenvalue weighted by Gasteiger charge is -2.43. The van der Waals surface area contributed by atoms with Gasteiger partial charge in [0.25, 0.3) is 5.91 Å². The Morgan fingerprint density at radius 2 is 1.80 bits per heavy atom. The molecule has 0 radical (unpaired) electrons. The van der Waals surface area contributed by atoms with Crippen LogP contribution in [0.2, 0.25) is 0 Å². The summed E-state index contributed by atoms with van der Waals surface area (Å²) in [6, 6.07) is 6.69. The Morgan fingerprint density at radius 3 is 2.35 bits per heavy atom. The number of amides is 1. The van der Waals surface area contributed by atoms with Gasteiger partial charge in [-0.05, 0) is 37.1 Å². The average molecular weight is 273 g/mol. The lowest BCUT2D eigenvalue weighted by Crippen LogP contribution is -2.62. The Balaban J connectivity index is 1.62. The largest absolute Gasteiger partial charge is 0.336 e. The molecule has 2 aliphatic rings. The minimum absolute atomic E-state index is 0.180. The summed E-state index contributed by atoms with van der Waals surface area (Å²) in [5.41, 5.74) is 3.26. The van der Waals surface area contributed by atoms with E-state index < -0.39 is 0 Å². The third kappa shape index (κ3) is 2.58. The zero-order chi connectivity index (χ0) is 14.1. The van der Waals surface area contributed by atoms with Gasteiger partial charge in [-0.15, -0.1) is 0 Å². The topological polar surface area (TPSA) is 35.6 Å². The second-order valence-electron chi connectivity index (χ2n) is 5.94. The molecule has 1 N–H and O–H groups in total. The van der Waals surface area contributed by atoms with Crippen LogP contribution in [-0.2, 0) is 0 Å². The predicted octanol–water partition coefficient (Wildman–Crippen LogP) is 1.03. The first-order valence-corrected chi connectivity index (χ1v) is 7.46. The fraction of sp³-hybridized carbons (Fsp3) is 0.562. The number of nitrogens with one attached hydrogen (secondary N) is 1. The van der Waals surface area contributed by atoms with Crippen LogP contribution in [0.15, 0.2) is 18.2 Å². The van der Waals surface area contributed by atoms with Crippen LogP contribution in [0.4, 0.5) is 0 Å². The minimum atomic E-state index is 0.180. The molecule has 2 aliphatic heterocycles. The van der Waals surface area contributed by atoms with Gasteiger partial charge in [-0.25, -0.2) is 0 Å². The molecule has 1 amide bonds. The van der Waals surface area contributed by atoms with Gasteiger partial charge in [0.2, 0.25) is 0 Å². The van der Waals surface area contributed by atoms with Crippen molar-refractivity contribution in [2.45, 2.75) is 19.9 Å². The van der Waals surface area contributed by atoms with E-state index in [4.69, 9.17) is 0 Å². The van der Waals surface area contributed by atoms with E-state index in [0.717, 1.165) is 44.8 Å². The van der Waals surface area contributed by atoms with Crippen molar-refractivity contribution in [2.24, 2.45) is 0 Å². The number of hydrogen-bond donors (Lipinski definition) is 1. The number of piperazine rings is 1. The van der Waals surface area contributed by atoms with Crippen LogP contribution in [0.3, 0.4) is 0 Å². The maximum atomic E-state index is 12.5. The average Bonchev–Trinajstić information content (AvgIpc) is 2.40. The Labute approximate surface area is 120 Å². The number of nitrogens with zero attached hydrogens (tertiary/aromatic N) is 2. The summed E-state index contributed by atoms with van der Waals surface area (Å²) in [5, 5.41) is 3.31. The standard InChI is InChI=1S/C16H23N3O/c1-12-3-4-14(9-13(12)2)16(20)19-7-5-18(6-8-19)15-10-17-11-15/h3-4,9,15,17H,5-8,10-11H2,1-2H3. The highest BCUT2D eigenvalue weighted by Crippen LogP contribution is 2.15. The van der Waals surface area contributed by atoms with Gasteiger partial charge in [0.1, 0.15) is 0 Å². The molecule has 0 aromatic heterocycles. The summed E-state index contributed by atoms with van der Waals surface area (Å²) in [7, 11) is 0. The van der Waals surface area contributed by atoms with Crippen LogP contribution >= 0.6 is 0 Å². The van der Waals surface area contributed by atoms with Crippen molar-refractivity contribution in [1.82, 2.24) is 15.1 Å². The summed E-state index contributed by atoms with van der Waals surface area (Å²) in [6.45, 7) is 10.1. The molecule has 2 saturated heterocycles. The lowest BCUT2D eigenvalue weighted by molar-refractivity contribution is 0.0502. The molecule has 108 valence electrons. The fourth-order valence-electron chi connectivity index (χ4n) is 2.88. The molecule has 3 rings (SSSR count). The van der Waals surface area contributed by atoms with E-state index in [9.17, 15) is 4.79 Å². The highest BCUT2D eigenvalue weighted by atomic mass is 16.2. The van der Waals surface area contributed by atoms with Gasteiger partial charge in [0.15, 0.2) is 0 Å². The van der Waals surface area contributed by atoms with E-state index in [0.29, 0.717) is 6.04 Å². The second kappa shape index (κ2) is 5.54. The number of aryl methyl sites for hydroxylation is 2. The van der Waals surface area contributed by atoms with Crippen LogP contribution < -0.4 is 5.32 Å². The molecule has 0 bridgehead atoms. The van der Waals surface area contributed by atoms with Gasteiger partial charge in [-0.2, -0.15) is 0 Å². The van der Waals surface area contributed by atoms with E-state index in [1.54, 1.807) is 0 Å². The number of rotatable bonds is 2. The maximum Gasteiger partial charge on any atom is 0.253 e. The first-order valence-electron chi connectivity index (χ1n) is 7.46. The van der Waals surface area contributed by atoms with Gasteiger partial charge in [0.05, 0.1) is 0 Å². The highest BCUT2D eigenvalue weighted by Gasteiger charge is 2.29. The Bertz CT molecular complexity index is 502. The van der Waals surface area contributed by atoms with Crippen molar-refractivity contribution < 1.29 is 4.79 Å². The van der Waals surface area contributed by atoms with Gasteiger partial charge in [-0.1, -0.05) is 6.07 Å². The Hall–Kier alpha value is -1.39. The van der Waals surface area contributed by atoms with Gasteiger partial charge in [-0.3, -0.25) is 9.69 Å². The van der Waals surface area contributed by atoms with Crippen molar-refractivity contribution in [1.29, 1.82) is 0 Å². The third-order valence-corrected chi connectivity index (χ3v) is 4.63. The van der Waals surface area contributed by atoms with E-state index in [2.05, 4.69) is 24.1 Å². The van der Waals surface area contributed by atoms with Crippen molar-refractivity contribution >= 4 is 5.91 Å². The van der Waals surface area contributed by atoms with E-state index in [1.165, 1.54) is 11.1 Å². The van der Waals surface area contributed by atoms with Crippen LogP contribution in [0, 0.1) is 13.8 Å². The van der Waals surface area contributed by atoms with Gasteiger partial charge >= 0.3 is 0 Å². The summed E-state index contributed by atoms with van der Waals surface area (Å²) >= 11 is 0. The predicted molar refractivity (Wildman–Crippen MR) is 80.1 cm³/mol. The molecule has 4 nitrogen and oxygen atoms in total. The highest BCUT2D eigenvalue weighted by molar-refractivity contribution is 5.94. The number of carbonyl (C=O) groups excluding carboxylic acids is 1. The van der Waals surface area contributed by atoms with Crippen molar-refractivity contribution in [3.8, 4) is 0 Å². The monoisotopic (exact) mass is 273 g/mol. The SMILES string of the molecule is Cc1ccc(C(=O)N2CCN(C3CNC3)CC2)cc1C. The number of hydrogen-bond acceptors (Lipinski definition) is 3. The fourth-order valence-corrected chi connectivity index (χ4v) is 2.88. The molecule has 1 aromatic rings. The van der Waals surface area contributed by atoms with Gasteiger partial charge in [0, 0.05) is 50.9 Å². The number of benzene rings is 1.